The lowest BCUT2D eigenvalue weighted by molar-refractivity contribution is 0.0514. The first kappa shape index (κ1) is 18.8. The molecule has 2 aromatic heterocycles. The molecule has 140 valence electrons. The lowest BCUT2D eigenvalue weighted by Gasteiger charge is -2.08. The fraction of sp³-hybridized carbons (Fsp3) is 0.211. The smallest absolute Gasteiger partial charge is 0.357 e. The van der Waals surface area contributed by atoms with E-state index in [-0.39, 0.29) is 11.5 Å². The Labute approximate surface area is 157 Å². The maximum absolute atomic E-state index is 12.5. The van der Waals surface area contributed by atoms with E-state index in [9.17, 15) is 13.2 Å². The summed E-state index contributed by atoms with van der Waals surface area (Å²) in [7, 11) is -1.64. The number of hydrogen-bond acceptors (Lipinski definition) is 6. The molecule has 0 unspecified atom stereocenters. The van der Waals surface area contributed by atoms with Crippen LogP contribution in [0.25, 0.3) is 22.4 Å². The van der Waals surface area contributed by atoms with Gasteiger partial charge in [-0.1, -0.05) is 12.1 Å². The third kappa shape index (κ3) is 3.75. The largest absolute Gasteiger partial charge is 0.461 e. The van der Waals surface area contributed by atoms with Gasteiger partial charge in [0.25, 0.3) is 0 Å². The maximum atomic E-state index is 12.5. The van der Waals surface area contributed by atoms with Gasteiger partial charge in [0.15, 0.2) is 15.5 Å². The van der Waals surface area contributed by atoms with Crippen LogP contribution in [0, 0.1) is 0 Å². The Balaban J connectivity index is 2.24. The molecular formula is C19H19N3O4S. The van der Waals surface area contributed by atoms with Crippen molar-refractivity contribution in [2.75, 3.05) is 12.9 Å². The van der Waals surface area contributed by atoms with Crippen molar-refractivity contribution in [2.24, 2.45) is 7.05 Å². The standard InChI is InChI=1S/C19H19N3O4S/c1-4-26-19(23)18-16(13-5-7-15(8-6-13)27(3,24)25)17(21-22(18)2)14-9-11-20-12-10-14/h5-12H,4H2,1-3H3. The number of hydrogen-bond donors (Lipinski definition) is 0. The van der Waals surface area contributed by atoms with Crippen LogP contribution < -0.4 is 0 Å². The zero-order chi connectivity index (χ0) is 19.6. The Morgan fingerprint density at radius 1 is 1.07 bits per heavy atom. The van der Waals surface area contributed by atoms with Gasteiger partial charge in [-0.3, -0.25) is 9.67 Å². The van der Waals surface area contributed by atoms with Crippen LogP contribution >= 0.6 is 0 Å². The number of ether oxygens (including phenoxy) is 1. The predicted molar refractivity (Wildman–Crippen MR) is 101 cm³/mol. The number of benzene rings is 1. The molecular weight excluding hydrogens is 366 g/mol. The van der Waals surface area contributed by atoms with Crippen molar-refractivity contribution < 1.29 is 17.9 Å². The molecule has 3 rings (SSSR count). The summed E-state index contributed by atoms with van der Waals surface area (Å²) in [5.74, 6) is -0.491. The summed E-state index contributed by atoms with van der Waals surface area (Å²) in [5.41, 5.74) is 2.94. The molecule has 0 saturated carbocycles. The lowest BCUT2D eigenvalue weighted by atomic mass is 9.99. The van der Waals surface area contributed by atoms with Crippen molar-refractivity contribution in [2.45, 2.75) is 11.8 Å². The molecule has 8 heteroatoms. The normalized spacial score (nSPS) is 11.4. The van der Waals surface area contributed by atoms with Crippen LogP contribution in [0.2, 0.25) is 0 Å². The van der Waals surface area contributed by atoms with Crippen LogP contribution in [0.4, 0.5) is 0 Å². The highest BCUT2D eigenvalue weighted by atomic mass is 32.2. The van der Waals surface area contributed by atoms with E-state index in [2.05, 4.69) is 10.1 Å². The van der Waals surface area contributed by atoms with E-state index in [0.717, 1.165) is 11.8 Å². The van der Waals surface area contributed by atoms with Crippen molar-refractivity contribution in [1.29, 1.82) is 0 Å². The molecule has 0 amide bonds. The topological polar surface area (TPSA) is 91.2 Å². The average molecular weight is 385 g/mol. The Kier molecular flexibility index (Phi) is 5.09. The minimum absolute atomic E-state index is 0.207. The molecule has 0 aliphatic carbocycles. The molecule has 0 atom stereocenters. The Hall–Kier alpha value is -3.00. The second-order valence-electron chi connectivity index (χ2n) is 5.95. The van der Waals surface area contributed by atoms with Gasteiger partial charge in [0.1, 0.15) is 5.69 Å². The SMILES string of the molecule is CCOC(=O)c1c(-c2ccc(S(C)(=O)=O)cc2)c(-c2ccncc2)nn1C. The van der Waals surface area contributed by atoms with Gasteiger partial charge in [0.05, 0.1) is 11.5 Å². The highest BCUT2D eigenvalue weighted by Gasteiger charge is 2.25. The molecule has 2 heterocycles. The Bertz CT molecular complexity index is 1070. The van der Waals surface area contributed by atoms with Gasteiger partial charge in [-0.2, -0.15) is 5.10 Å². The van der Waals surface area contributed by atoms with Crippen LogP contribution in [0.15, 0.2) is 53.7 Å². The monoisotopic (exact) mass is 385 g/mol. The number of aromatic nitrogens is 3. The molecule has 1 aromatic carbocycles. The zero-order valence-electron chi connectivity index (χ0n) is 15.2. The number of sulfone groups is 1. The van der Waals surface area contributed by atoms with Crippen LogP contribution in [-0.4, -0.2) is 42.0 Å². The number of aryl methyl sites for hydroxylation is 1. The zero-order valence-corrected chi connectivity index (χ0v) is 16.0. The van der Waals surface area contributed by atoms with Crippen molar-refractivity contribution in [3.63, 3.8) is 0 Å². The van der Waals surface area contributed by atoms with Gasteiger partial charge in [-0.15, -0.1) is 0 Å². The van der Waals surface area contributed by atoms with Gasteiger partial charge in [-0.05, 0) is 36.8 Å². The number of pyridine rings is 1. The first-order valence-corrected chi connectivity index (χ1v) is 10.2. The summed E-state index contributed by atoms with van der Waals surface area (Å²) < 4.78 is 30.1. The first-order valence-electron chi connectivity index (χ1n) is 8.28. The highest BCUT2D eigenvalue weighted by molar-refractivity contribution is 7.90. The van der Waals surface area contributed by atoms with E-state index >= 15 is 0 Å². The van der Waals surface area contributed by atoms with Gasteiger partial charge in [0.2, 0.25) is 0 Å². The number of esters is 1. The molecule has 7 nitrogen and oxygen atoms in total. The fourth-order valence-electron chi connectivity index (χ4n) is 2.81. The van der Waals surface area contributed by atoms with Gasteiger partial charge < -0.3 is 4.74 Å². The van der Waals surface area contributed by atoms with Gasteiger partial charge in [0, 0.05) is 36.8 Å². The minimum Gasteiger partial charge on any atom is -0.461 e. The fourth-order valence-corrected chi connectivity index (χ4v) is 3.44. The predicted octanol–water partition coefficient (Wildman–Crippen LogP) is 2.73. The quantitative estimate of drug-likeness (QED) is 0.627. The third-order valence-electron chi connectivity index (χ3n) is 4.04. The third-order valence-corrected chi connectivity index (χ3v) is 5.17. The molecule has 0 spiro atoms. The van der Waals surface area contributed by atoms with Crippen LogP contribution in [0.1, 0.15) is 17.4 Å². The van der Waals surface area contributed by atoms with Crippen molar-refractivity contribution >= 4 is 15.8 Å². The molecule has 0 N–H and O–H groups in total. The van der Waals surface area contributed by atoms with Crippen molar-refractivity contribution in [3.8, 4) is 22.4 Å². The van der Waals surface area contributed by atoms with Crippen molar-refractivity contribution in [3.05, 3.63) is 54.5 Å². The van der Waals surface area contributed by atoms with Crippen molar-refractivity contribution in [1.82, 2.24) is 14.8 Å². The van der Waals surface area contributed by atoms with Gasteiger partial charge >= 0.3 is 5.97 Å². The molecule has 0 aliphatic rings. The van der Waals surface area contributed by atoms with E-state index in [1.54, 1.807) is 50.6 Å². The van der Waals surface area contributed by atoms with Crippen LogP contribution in [0.3, 0.4) is 0 Å². The second-order valence-corrected chi connectivity index (χ2v) is 7.96. The summed E-state index contributed by atoms with van der Waals surface area (Å²) in [6.45, 7) is 1.97. The number of nitrogens with zero attached hydrogens (tertiary/aromatic N) is 3. The summed E-state index contributed by atoms with van der Waals surface area (Å²) in [5, 5.41) is 4.50. The van der Waals surface area contributed by atoms with E-state index in [4.69, 9.17) is 4.74 Å². The summed E-state index contributed by atoms with van der Waals surface area (Å²) in [6, 6.07) is 9.96. The average Bonchev–Trinajstić information content (AvgIpc) is 2.99. The summed E-state index contributed by atoms with van der Waals surface area (Å²) in [6.07, 6.45) is 4.44. The molecule has 0 radical (unpaired) electrons. The van der Waals surface area contributed by atoms with E-state index in [1.165, 1.54) is 16.8 Å². The lowest BCUT2D eigenvalue weighted by Crippen LogP contribution is -2.11. The number of carbonyl (C=O) groups excluding carboxylic acids is 1. The van der Waals surface area contributed by atoms with E-state index < -0.39 is 15.8 Å². The van der Waals surface area contributed by atoms with Crippen LogP contribution in [0.5, 0.6) is 0 Å². The highest BCUT2D eigenvalue weighted by Crippen LogP contribution is 2.35. The first-order chi connectivity index (χ1) is 12.8. The second kappa shape index (κ2) is 7.32. The Morgan fingerprint density at radius 3 is 2.26 bits per heavy atom. The van der Waals surface area contributed by atoms with E-state index in [0.29, 0.717) is 22.5 Å². The minimum atomic E-state index is -3.31. The summed E-state index contributed by atoms with van der Waals surface area (Å²) >= 11 is 0. The van der Waals surface area contributed by atoms with Crippen LogP contribution in [-0.2, 0) is 21.6 Å². The maximum Gasteiger partial charge on any atom is 0.357 e. The molecule has 0 saturated heterocycles. The number of rotatable bonds is 5. The summed E-state index contributed by atoms with van der Waals surface area (Å²) in [4.78, 5) is 16.8. The van der Waals surface area contributed by atoms with Gasteiger partial charge in [-0.25, -0.2) is 13.2 Å². The number of carbonyl (C=O) groups is 1. The molecule has 0 fully saturated rings. The Morgan fingerprint density at radius 2 is 1.70 bits per heavy atom. The molecule has 0 aliphatic heterocycles. The van der Waals surface area contributed by atoms with E-state index in [1.807, 2.05) is 0 Å². The molecule has 0 bridgehead atoms. The molecule has 27 heavy (non-hydrogen) atoms. The molecule has 3 aromatic rings.